The van der Waals surface area contributed by atoms with E-state index in [0.717, 1.165) is 54.8 Å². The van der Waals surface area contributed by atoms with Gasteiger partial charge in [0.15, 0.2) is 0 Å². The second-order valence-electron chi connectivity index (χ2n) is 10.2. The fraction of sp³-hybridized carbons (Fsp3) is 0.429. The van der Waals surface area contributed by atoms with Crippen molar-refractivity contribution in [3.63, 3.8) is 0 Å². The fourth-order valence-corrected chi connectivity index (χ4v) is 6.48. The van der Waals surface area contributed by atoms with Crippen LogP contribution in [0.5, 0.6) is 0 Å². The Hall–Kier alpha value is -3.17. The van der Waals surface area contributed by atoms with Gasteiger partial charge in [0.2, 0.25) is 16.0 Å². The average molecular weight is 521 g/mol. The van der Waals surface area contributed by atoms with Crippen molar-refractivity contribution in [1.29, 1.82) is 0 Å². The summed E-state index contributed by atoms with van der Waals surface area (Å²) in [6.07, 6.45) is 0.568. The van der Waals surface area contributed by atoms with Crippen LogP contribution in [0.25, 0.3) is 0 Å². The quantitative estimate of drug-likeness (QED) is 0.491. The number of hydrogen-bond donors (Lipinski definition) is 0. The molecule has 9 heteroatoms. The largest absolute Gasteiger partial charge is 0.368 e. The number of hydrogen-bond acceptors (Lipinski definition) is 7. The Balaban J connectivity index is 1.42. The van der Waals surface area contributed by atoms with Crippen LogP contribution >= 0.6 is 0 Å². The predicted molar refractivity (Wildman–Crippen MR) is 149 cm³/mol. The van der Waals surface area contributed by atoms with Gasteiger partial charge in [-0.05, 0) is 50.6 Å². The van der Waals surface area contributed by atoms with Crippen molar-refractivity contribution in [3.05, 3.63) is 71.4 Å². The molecule has 3 aromatic rings. The van der Waals surface area contributed by atoms with Gasteiger partial charge in [-0.1, -0.05) is 30.3 Å². The van der Waals surface area contributed by atoms with Gasteiger partial charge in [0.25, 0.3) is 0 Å². The lowest BCUT2D eigenvalue weighted by Crippen LogP contribution is -2.47. The Bertz CT molecular complexity index is 1350. The molecule has 0 unspecified atom stereocenters. The highest BCUT2D eigenvalue weighted by Gasteiger charge is 2.33. The van der Waals surface area contributed by atoms with Crippen LogP contribution < -0.4 is 14.7 Å². The normalized spacial score (nSPS) is 16.7. The van der Waals surface area contributed by atoms with Gasteiger partial charge in [-0.25, -0.2) is 13.4 Å². The summed E-state index contributed by atoms with van der Waals surface area (Å²) in [5.41, 5.74) is 4.03. The smallest absolute Gasteiger partial charge is 0.243 e. The first-order chi connectivity index (χ1) is 17.7. The molecule has 0 atom stereocenters. The summed E-state index contributed by atoms with van der Waals surface area (Å²) in [7, 11) is -1.58. The lowest BCUT2D eigenvalue weighted by molar-refractivity contribution is 0.386. The number of para-hydroxylation sites is 1. The van der Waals surface area contributed by atoms with Gasteiger partial charge in [-0.3, -0.25) is 0 Å². The first-order valence-electron chi connectivity index (χ1n) is 13.0. The van der Waals surface area contributed by atoms with Gasteiger partial charge in [-0.15, -0.1) is 0 Å². The van der Waals surface area contributed by atoms with Crippen LogP contribution in [-0.2, 0) is 23.0 Å². The third-order valence-corrected chi connectivity index (χ3v) is 9.25. The standard InChI is InChI=1S/C28H36N6O2S/c1-21(2)31(4)27-25-20-34(37(35,36)24-12-8-9-22(3)19-24)14-13-26(25)29-28(30-27)33-17-15-32(16-18-33)23-10-6-5-7-11-23/h5-12,19,21H,13-18,20H2,1-4H3. The summed E-state index contributed by atoms with van der Waals surface area (Å²) in [6, 6.07) is 17.8. The summed E-state index contributed by atoms with van der Waals surface area (Å²) in [5, 5.41) is 0. The van der Waals surface area contributed by atoms with Crippen LogP contribution in [-0.4, -0.2) is 68.5 Å². The van der Waals surface area contributed by atoms with Gasteiger partial charge in [0.05, 0.1) is 10.6 Å². The molecule has 1 aromatic heterocycles. The number of benzene rings is 2. The van der Waals surface area contributed by atoms with Gasteiger partial charge < -0.3 is 14.7 Å². The zero-order chi connectivity index (χ0) is 26.2. The zero-order valence-electron chi connectivity index (χ0n) is 22.1. The van der Waals surface area contributed by atoms with Crippen molar-refractivity contribution in [2.45, 2.75) is 44.7 Å². The molecule has 37 heavy (non-hydrogen) atoms. The topological polar surface area (TPSA) is 72.9 Å². The summed E-state index contributed by atoms with van der Waals surface area (Å²) in [5.74, 6) is 1.56. The molecular weight excluding hydrogens is 484 g/mol. The van der Waals surface area contributed by atoms with Crippen LogP contribution in [0.3, 0.4) is 0 Å². The maximum atomic E-state index is 13.5. The molecule has 196 valence electrons. The predicted octanol–water partition coefficient (Wildman–Crippen LogP) is 3.70. The van der Waals surface area contributed by atoms with E-state index in [-0.39, 0.29) is 12.6 Å². The Morgan fingerprint density at radius 2 is 1.59 bits per heavy atom. The van der Waals surface area contributed by atoms with Crippen LogP contribution in [0.4, 0.5) is 17.5 Å². The molecule has 0 spiro atoms. The van der Waals surface area contributed by atoms with E-state index >= 15 is 0 Å². The lowest BCUT2D eigenvalue weighted by atomic mass is 10.1. The second-order valence-corrected chi connectivity index (χ2v) is 12.1. The SMILES string of the molecule is Cc1cccc(S(=O)(=O)N2CCc3nc(N4CCN(c5ccccc5)CC4)nc(N(C)C(C)C)c3C2)c1. The van der Waals surface area contributed by atoms with Crippen molar-refractivity contribution >= 4 is 27.5 Å². The maximum absolute atomic E-state index is 13.5. The van der Waals surface area contributed by atoms with Crippen LogP contribution in [0.2, 0.25) is 0 Å². The van der Waals surface area contributed by atoms with Gasteiger partial charge in [0, 0.05) is 70.0 Å². The molecule has 0 bridgehead atoms. The Kier molecular flexibility index (Phi) is 7.09. The van der Waals surface area contributed by atoms with Crippen molar-refractivity contribution in [1.82, 2.24) is 14.3 Å². The first-order valence-corrected chi connectivity index (χ1v) is 14.4. The molecule has 0 aliphatic carbocycles. The highest BCUT2D eigenvalue weighted by molar-refractivity contribution is 7.89. The lowest BCUT2D eigenvalue weighted by Gasteiger charge is -2.38. The number of piperazine rings is 1. The summed E-state index contributed by atoms with van der Waals surface area (Å²) in [4.78, 5) is 17.1. The molecule has 0 saturated carbocycles. The van der Waals surface area contributed by atoms with Crippen molar-refractivity contribution in [3.8, 4) is 0 Å². The van der Waals surface area contributed by atoms with E-state index in [1.165, 1.54) is 5.69 Å². The molecule has 0 radical (unpaired) electrons. The minimum absolute atomic E-state index is 0.213. The van der Waals surface area contributed by atoms with E-state index in [4.69, 9.17) is 9.97 Å². The first kappa shape index (κ1) is 25.5. The number of aromatic nitrogens is 2. The molecule has 1 saturated heterocycles. The molecule has 2 aliphatic heterocycles. The van der Waals surface area contributed by atoms with Crippen LogP contribution in [0.1, 0.15) is 30.7 Å². The number of fused-ring (bicyclic) bond motifs is 1. The fourth-order valence-electron chi connectivity index (χ4n) is 4.97. The number of rotatable bonds is 6. The molecule has 0 N–H and O–H groups in total. The van der Waals surface area contributed by atoms with Crippen molar-refractivity contribution in [2.24, 2.45) is 0 Å². The molecule has 3 heterocycles. The molecule has 0 amide bonds. The summed E-state index contributed by atoms with van der Waals surface area (Å²) < 4.78 is 28.5. The van der Waals surface area contributed by atoms with Crippen molar-refractivity contribution < 1.29 is 8.42 Å². The third kappa shape index (κ3) is 5.15. The van der Waals surface area contributed by atoms with E-state index < -0.39 is 10.0 Å². The van der Waals surface area contributed by atoms with E-state index in [1.54, 1.807) is 22.5 Å². The number of sulfonamides is 1. The van der Waals surface area contributed by atoms with Crippen molar-refractivity contribution in [2.75, 3.05) is 54.5 Å². The summed E-state index contributed by atoms with van der Waals surface area (Å²) in [6.45, 7) is 10.3. The van der Waals surface area contributed by atoms with E-state index in [1.807, 2.05) is 26.1 Å². The molecule has 2 aromatic carbocycles. The van der Waals surface area contributed by atoms with Gasteiger partial charge in [-0.2, -0.15) is 9.29 Å². The second kappa shape index (κ2) is 10.3. The van der Waals surface area contributed by atoms with Crippen LogP contribution in [0, 0.1) is 6.92 Å². The van der Waals surface area contributed by atoms with E-state index in [0.29, 0.717) is 17.9 Å². The third-order valence-electron chi connectivity index (χ3n) is 7.41. The number of anilines is 3. The Morgan fingerprint density at radius 1 is 0.892 bits per heavy atom. The number of nitrogens with zero attached hydrogens (tertiary/aromatic N) is 6. The minimum atomic E-state index is -3.61. The molecular formula is C28H36N6O2S. The number of aryl methyl sites for hydroxylation is 1. The Labute approximate surface area is 220 Å². The monoisotopic (exact) mass is 520 g/mol. The van der Waals surface area contributed by atoms with E-state index in [2.05, 4.69) is 52.8 Å². The highest BCUT2D eigenvalue weighted by Crippen LogP contribution is 2.32. The summed E-state index contributed by atoms with van der Waals surface area (Å²) >= 11 is 0. The molecule has 8 nitrogen and oxygen atoms in total. The molecule has 2 aliphatic rings. The minimum Gasteiger partial charge on any atom is -0.368 e. The average Bonchev–Trinajstić information content (AvgIpc) is 2.92. The molecule has 5 rings (SSSR count). The Morgan fingerprint density at radius 3 is 2.27 bits per heavy atom. The van der Waals surface area contributed by atoms with Crippen LogP contribution in [0.15, 0.2) is 59.5 Å². The van der Waals surface area contributed by atoms with Gasteiger partial charge in [0.1, 0.15) is 5.82 Å². The maximum Gasteiger partial charge on any atom is 0.243 e. The van der Waals surface area contributed by atoms with E-state index in [9.17, 15) is 8.42 Å². The molecule has 1 fully saturated rings. The van der Waals surface area contributed by atoms with Gasteiger partial charge >= 0.3 is 0 Å². The zero-order valence-corrected chi connectivity index (χ0v) is 22.9. The highest BCUT2D eigenvalue weighted by atomic mass is 32.2.